The zero-order valence-corrected chi connectivity index (χ0v) is 10.5. The average Bonchev–Trinajstić information content (AvgIpc) is 2.82. The maximum Gasteiger partial charge on any atom is 0.255 e. The number of rotatable bonds is 3. The molecule has 0 atom stereocenters. The van der Waals surface area contributed by atoms with Crippen molar-refractivity contribution in [1.82, 2.24) is 10.3 Å². The first kappa shape index (κ1) is 11.7. The Morgan fingerprint density at radius 2 is 2.24 bits per heavy atom. The van der Waals surface area contributed by atoms with Gasteiger partial charge < -0.3 is 15.4 Å². The molecule has 0 aliphatic heterocycles. The number of H-pyrrole nitrogens is 1. The Labute approximate surface area is 107 Å². The maximum atomic E-state index is 11.8. The van der Waals surface area contributed by atoms with E-state index in [9.17, 15) is 9.90 Å². The summed E-state index contributed by atoms with van der Waals surface area (Å²) in [4.78, 5) is 14.7. The number of phenols is 1. The van der Waals surface area contributed by atoms with Gasteiger partial charge in [-0.05, 0) is 29.8 Å². The number of benzene rings is 1. The normalized spacial score (nSPS) is 10.2. The molecule has 0 spiro atoms. The van der Waals surface area contributed by atoms with Crippen LogP contribution in [0.1, 0.15) is 15.9 Å². The summed E-state index contributed by atoms with van der Waals surface area (Å²) < 4.78 is 0.752. The maximum absolute atomic E-state index is 11.8. The smallest absolute Gasteiger partial charge is 0.255 e. The molecule has 0 saturated heterocycles. The van der Waals surface area contributed by atoms with E-state index in [0.29, 0.717) is 6.54 Å². The highest BCUT2D eigenvalue weighted by atomic mass is 79.9. The molecule has 1 aromatic carbocycles. The summed E-state index contributed by atoms with van der Waals surface area (Å²) in [7, 11) is 0. The van der Waals surface area contributed by atoms with Crippen LogP contribution in [0.3, 0.4) is 0 Å². The van der Waals surface area contributed by atoms with E-state index in [1.165, 1.54) is 6.07 Å². The van der Waals surface area contributed by atoms with Crippen molar-refractivity contribution in [1.29, 1.82) is 0 Å². The summed E-state index contributed by atoms with van der Waals surface area (Å²) >= 11 is 3.26. The van der Waals surface area contributed by atoms with Gasteiger partial charge in [0.05, 0.1) is 5.56 Å². The zero-order valence-electron chi connectivity index (χ0n) is 8.90. The minimum Gasteiger partial charge on any atom is -0.507 e. The van der Waals surface area contributed by atoms with Crippen LogP contribution in [0.4, 0.5) is 0 Å². The monoisotopic (exact) mass is 294 g/mol. The van der Waals surface area contributed by atoms with Gasteiger partial charge in [-0.15, -0.1) is 0 Å². The standard InChI is InChI=1S/C12H11BrN2O2/c13-9-1-2-11(16)10(5-9)12(17)15-7-8-3-4-14-6-8/h1-6,14,16H,7H2,(H,15,17). The van der Waals surface area contributed by atoms with Crippen LogP contribution in [0.5, 0.6) is 5.75 Å². The quantitative estimate of drug-likeness (QED) is 0.814. The number of aromatic hydroxyl groups is 1. The van der Waals surface area contributed by atoms with Crippen LogP contribution in [-0.2, 0) is 6.54 Å². The minimum atomic E-state index is -0.301. The summed E-state index contributed by atoms with van der Waals surface area (Å²) in [5, 5.41) is 12.3. The Kier molecular flexibility index (Phi) is 3.49. The first-order chi connectivity index (χ1) is 8.16. The molecule has 0 aliphatic carbocycles. The van der Waals surface area contributed by atoms with Gasteiger partial charge in [0, 0.05) is 23.4 Å². The van der Waals surface area contributed by atoms with Gasteiger partial charge in [0.15, 0.2) is 0 Å². The Morgan fingerprint density at radius 1 is 1.41 bits per heavy atom. The van der Waals surface area contributed by atoms with Gasteiger partial charge in [0.1, 0.15) is 5.75 Å². The number of amides is 1. The highest BCUT2D eigenvalue weighted by molar-refractivity contribution is 9.10. The van der Waals surface area contributed by atoms with Crippen molar-refractivity contribution in [3.63, 3.8) is 0 Å². The van der Waals surface area contributed by atoms with E-state index in [4.69, 9.17) is 0 Å². The van der Waals surface area contributed by atoms with Crippen LogP contribution in [0.2, 0.25) is 0 Å². The lowest BCUT2D eigenvalue weighted by Crippen LogP contribution is -2.22. The van der Waals surface area contributed by atoms with E-state index in [-0.39, 0.29) is 17.2 Å². The second-order valence-corrected chi connectivity index (χ2v) is 4.48. The fourth-order valence-corrected chi connectivity index (χ4v) is 1.80. The third-order valence-corrected chi connectivity index (χ3v) is 2.81. The van der Waals surface area contributed by atoms with Crippen molar-refractivity contribution in [2.24, 2.45) is 0 Å². The van der Waals surface area contributed by atoms with Crippen LogP contribution in [-0.4, -0.2) is 16.0 Å². The second kappa shape index (κ2) is 5.05. The van der Waals surface area contributed by atoms with Crippen LogP contribution >= 0.6 is 15.9 Å². The first-order valence-corrected chi connectivity index (χ1v) is 5.84. The SMILES string of the molecule is O=C(NCc1cc[nH]c1)c1cc(Br)ccc1O. The van der Waals surface area contributed by atoms with E-state index >= 15 is 0 Å². The predicted molar refractivity (Wildman–Crippen MR) is 67.8 cm³/mol. The van der Waals surface area contributed by atoms with Crippen molar-refractivity contribution < 1.29 is 9.90 Å². The minimum absolute atomic E-state index is 0.0280. The fourth-order valence-electron chi connectivity index (χ4n) is 1.44. The molecule has 0 saturated carbocycles. The van der Waals surface area contributed by atoms with E-state index in [0.717, 1.165) is 10.0 Å². The van der Waals surface area contributed by atoms with Crippen molar-refractivity contribution in [2.45, 2.75) is 6.54 Å². The van der Waals surface area contributed by atoms with Crippen molar-refractivity contribution in [3.8, 4) is 5.75 Å². The third kappa shape index (κ3) is 2.88. The highest BCUT2D eigenvalue weighted by Crippen LogP contribution is 2.21. The zero-order chi connectivity index (χ0) is 12.3. The molecule has 0 bridgehead atoms. The number of phenolic OH excluding ortho intramolecular Hbond substituents is 1. The number of carbonyl (C=O) groups excluding carboxylic acids is 1. The highest BCUT2D eigenvalue weighted by Gasteiger charge is 2.11. The van der Waals surface area contributed by atoms with Gasteiger partial charge in [0.25, 0.3) is 5.91 Å². The van der Waals surface area contributed by atoms with Gasteiger partial charge in [-0.25, -0.2) is 0 Å². The van der Waals surface area contributed by atoms with Crippen LogP contribution in [0, 0.1) is 0 Å². The number of carbonyl (C=O) groups is 1. The molecule has 0 radical (unpaired) electrons. The summed E-state index contributed by atoms with van der Waals surface area (Å²) in [5.74, 6) is -0.329. The Bertz CT molecular complexity index is 523. The largest absolute Gasteiger partial charge is 0.507 e. The summed E-state index contributed by atoms with van der Waals surface area (Å²) in [6.07, 6.45) is 3.60. The van der Waals surface area contributed by atoms with Gasteiger partial charge >= 0.3 is 0 Å². The topological polar surface area (TPSA) is 65.1 Å². The number of aromatic amines is 1. The van der Waals surface area contributed by atoms with Crippen molar-refractivity contribution >= 4 is 21.8 Å². The predicted octanol–water partition coefficient (Wildman–Crippen LogP) is 2.41. The lowest BCUT2D eigenvalue weighted by atomic mass is 10.2. The Balaban J connectivity index is 2.07. The Hall–Kier alpha value is -1.75. The van der Waals surface area contributed by atoms with E-state index in [1.54, 1.807) is 24.5 Å². The molecule has 1 amide bonds. The lowest BCUT2D eigenvalue weighted by molar-refractivity contribution is 0.0948. The second-order valence-electron chi connectivity index (χ2n) is 3.56. The molecule has 3 N–H and O–H groups in total. The van der Waals surface area contributed by atoms with E-state index in [2.05, 4.69) is 26.2 Å². The fraction of sp³-hybridized carbons (Fsp3) is 0.0833. The molecular formula is C12H11BrN2O2. The number of halogens is 1. The van der Waals surface area contributed by atoms with Gasteiger partial charge in [-0.3, -0.25) is 4.79 Å². The van der Waals surface area contributed by atoms with Crippen molar-refractivity contribution in [3.05, 3.63) is 52.3 Å². The number of hydrogen-bond acceptors (Lipinski definition) is 2. The molecule has 4 nitrogen and oxygen atoms in total. The summed E-state index contributed by atoms with van der Waals surface area (Å²) in [6, 6.07) is 6.62. The molecule has 2 rings (SSSR count). The van der Waals surface area contributed by atoms with E-state index in [1.807, 2.05) is 6.07 Å². The Morgan fingerprint density at radius 3 is 2.94 bits per heavy atom. The molecule has 5 heteroatoms. The molecule has 17 heavy (non-hydrogen) atoms. The molecule has 2 aromatic rings. The number of hydrogen-bond donors (Lipinski definition) is 3. The van der Waals surface area contributed by atoms with Crippen LogP contribution in [0.25, 0.3) is 0 Å². The molecule has 88 valence electrons. The van der Waals surface area contributed by atoms with Crippen LogP contribution in [0.15, 0.2) is 41.1 Å². The molecule has 1 aromatic heterocycles. The van der Waals surface area contributed by atoms with Gasteiger partial charge in [0.2, 0.25) is 0 Å². The molecular weight excluding hydrogens is 284 g/mol. The molecule has 0 aliphatic rings. The summed E-state index contributed by atoms with van der Waals surface area (Å²) in [5.41, 5.74) is 1.24. The molecule has 1 heterocycles. The third-order valence-electron chi connectivity index (χ3n) is 2.32. The first-order valence-electron chi connectivity index (χ1n) is 5.05. The number of nitrogens with one attached hydrogen (secondary N) is 2. The summed E-state index contributed by atoms with van der Waals surface area (Å²) in [6.45, 7) is 0.425. The van der Waals surface area contributed by atoms with Crippen LogP contribution < -0.4 is 5.32 Å². The van der Waals surface area contributed by atoms with E-state index < -0.39 is 0 Å². The molecule has 0 fully saturated rings. The van der Waals surface area contributed by atoms with Gasteiger partial charge in [-0.1, -0.05) is 15.9 Å². The molecule has 0 unspecified atom stereocenters. The van der Waals surface area contributed by atoms with Gasteiger partial charge in [-0.2, -0.15) is 0 Å². The number of aromatic nitrogens is 1. The average molecular weight is 295 g/mol. The van der Waals surface area contributed by atoms with Crippen molar-refractivity contribution in [2.75, 3.05) is 0 Å². The lowest BCUT2D eigenvalue weighted by Gasteiger charge is -2.06.